The summed E-state index contributed by atoms with van der Waals surface area (Å²) in [6.07, 6.45) is 3.31. The summed E-state index contributed by atoms with van der Waals surface area (Å²) in [5, 5.41) is 0. The van der Waals surface area contributed by atoms with Crippen molar-refractivity contribution >= 4 is 5.91 Å². The molecule has 2 saturated heterocycles. The van der Waals surface area contributed by atoms with Crippen molar-refractivity contribution in [1.29, 1.82) is 0 Å². The van der Waals surface area contributed by atoms with E-state index in [1.54, 1.807) is 0 Å². The minimum absolute atomic E-state index is 0.392. The fraction of sp³-hybridized carbons (Fsp3) is 0.917. The van der Waals surface area contributed by atoms with Gasteiger partial charge < -0.3 is 11.5 Å². The lowest BCUT2D eigenvalue weighted by Crippen LogP contribution is -2.55. The summed E-state index contributed by atoms with van der Waals surface area (Å²) >= 11 is 0. The molecule has 1 amide bonds. The maximum atomic E-state index is 10.9. The molecule has 3 unspecified atom stereocenters. The number of nitrogens with zero attached hydrogens (tertiary/aromatic N) is 2. The van der Waals surface area contributed by atoms with Crippen molar-refractivity contribution in [2.75, 3.05) is 26.2 Å². The van der Waals surface area contributed by atoms with Gasteiger partial charge in [0.25, 0.3) is 0 Å². The summed E-state index contributed by atoms with van der Waals surface area (Å²) in [5.74, 6) is -0.392. The molecule has 0 radical (unpaired) electrons. The molecule has 17 heavy (non-hydrogen) atoms. The molecule has 0 aromatic rings. The number of piperazine rings is 1. The Kier molecular flexibility index (Phi) is 4.01. The highest BCUT2D eigenvalue weighted by molar-refractivity contribution is 5.79. The zero-order valence-corrected chi connectivity index (χ0v) is 10.6. The van der Waals surface area contributed by atoms with Crippen molar-refractivity contribution in [1.82, 2.24) is 9.80 Å². The number of carbonyl (C=O) groups excluding carboxylic acids is 1. The number of nitrogens with two attached hydrogens (primary N) is 2. The second-order valence-corrected chi connectivity index (χ2v) is 5.43. The van der Waals surface area contributed by atoms with E-state index in [0.717, 1.165) is 25.7 Å². The molecule has 0 saturated carbocycles. The summed E-state index contributed by atoms with van der Waals surface area (Å²) in [6, 6.07) is 0.782. The second-order valence-electron chi connectivity index (χ2n) is 5.43. The Labute approximate surface area is 103 Å². The lowest BCUT2D eigenvalue weighted by atomic mass is 10.1. The van der Waals surface area contributed by atoms with Crippen LogP contribution < -0.4 is 11.5 Å². The molecule has 4 N–H and O–H groups in total. The van der Waals surface area contributed by atoms with Crippen molar-refractivity contribution in [3.8, 4) is 0 Å². The third kappa shape index (κ3) is 2.97. The number of rotatable bonds is 4. The molecule has 0 aromatic heterocycles. The van der Waals surface area contributed by atoms with Gasteiger partial charge in [0.05, 0.1) is 6.04 Å². The number of primary amides is 1. The topological polar surface area (TPSA) is 75.6 Å². The van der Waals surface area contributed by atoms with Gasteiger partial charge in [0.2, 0.25) is 5.91 Å². The molecule has 0 bridgehead atoms. The largest absolute Gasteiger partial charge is 0.368 e. The molecule has 2 aliphatic heterocycles. The molecule has 98 valence electrons. The Bertz CT molecular complexity index is 284. The van der Waals surface area contributed by atoms with Crippen LogP contribution in [0.2, 0.25) is 0 Å². The van der Waals surface area contributed by atoms with Crippen molar-refractivity contribution in [3.05, 3.63) is 0 Å². The molecule has 5 nitrogen and oxygen atoms in total. The summed E-state index contributed by atoms with van der Waals surface area (Å²) in [6.45, 7) is 6.66. The number of hydrogen-bond acceptors (Lipinski definition) is 4. The molecule has 2 rings (SSSR count). The van der Waals surface area contributed by atoms with Gasteiger partial charge in [-0.1, -0.05) is 0 Å². The molecule has 2 heterocycles. The first-order valence-corrected chi connectivity index (χ1v) is 6.61. The minimum atomic E-state index is -0.496. The van der Waals surface area contributed by atoms with Gasteiger partial charge in [-0.15, -0.1) is 0 Å². The van der Waals surface area contributed by atoms with Gasteiger partial charge in [0.15, 0.2) is 0 Å². The summed E-state index contributed by atoms with van der Waals surface area (Å²) < 4.78 is 0. The monoisotopic (exact) mass is 240 g/mol. The zero-order valence-electron chi connectivity index (χ0n) is 10.6. The fourth-order valence-corrected chi connectivity index (χ4v) is 3.01. The van der Waals surface area contributed by atoms with E-state index in [2.05, 4.69) is 16.7 Å². The van der Waals surface area contributed by atoms with E-state index >= 15 is 0 Å². The standard InChI is InChI=1S/C12H24N4O/c1-9-7-16-5-2-3-10(16)8-15(9)6-4-11(13)12(14)17/h9-11H,2-8,13H2,1H3,(H2,14,17). The average molecular weight is 240 g/mol. The SMILES string of the molecule is CC1CN2CCCC2CN1CCC(N)C(N)=O. The van der Waals surface area contributed by atoms with Crippen LogP contribution in [0.1, 0.15) is 26.2 Å². The highest BCUT2D eigenvalue weighted by Crippen LogP contribution is 2.24. The van der Waals surface area contributed by atoms with E-state index in [1.807, 2.05) is 0 Å². The predicted molar refractivity (Wildman–Crippen MR) is 67.4 cm³/mol. The average Bonchev–Trinajstić information content (AvgIpc) is 2.72. The van der Waals surface area contributed by atoms with Gasteiger partial charge in [0, 0.05) is 31.7 Å². The van der Waals surface area contributed by atoms with E-state index in [-0.39, 0.29) is 0 Å². The Balaban J connectivity index is 1.82. The maximum Gasteiger partial charge on any atom is 0.234 e. The van der Waals surface area contributed by atoms with Gasteiger partial charge in [-0.2, -0.15) is 0 Å². The van der Waals surface area contributed by atoms with Crippen LogP contribution in [0.4, 0.5) is 0 Å². The lowest BCUT2D eigenvalue weighted by Gasteiger charge is -2.42. The Morgan fingerprint density at radius 2 is 2.24 bits per heavy atom. The highest BCUT2D eigenvalue weighted by Gasteiger charge is 2.34. The van der Waals surface area contributed by atoms with E-state index in [1.165, 1.54) is 19.4 Å². The predicted octanol–water partition coefficient (Wildman–Crippen LogP) is -0.642. The smallest absolute Gasteiger partial charge is 0.234 e. The van der Waals surface area contributed by atoms with E-state index < -0.39 is 11.9 Å². The van der Waals surface area contributed by atoms with E-state index in [0.29, 0.717) is 12.5 Å². The molecule has 0 spiro atoms. The second kappa shape index (κ2) is 5.33. The first kappa shape index (κ1) is 12.8. The van der Waals surface area contributed by atoms with Crippen molar-refractivity contribution in [3.63, 3.8) is 0 Å². The summed E-state index contributed by atoms with van der Waals surface area (Å²) in [5.41, 5.74) is 10.9. The van der Waals surface area contributed by atoms with Crippen LogP contribution in [0.15, 0.2) is 0 Å². The van der Waals surface area contributed by atoms with Crippen LogP contribution in [0, 0.1) is 0 Å². The molecule has 3 atom stereocenters. The lowest BCUT2D eigenvalue weighted by molar-refractivity contribution is -0.119. The van der Waals surface area contributed by atoms with Crippen molar-refractivity contribution in [2.45, 2.75) is 44.3 Å². The quantitative estimate of drug-likeness (QED) is 0.685. The van der Waals surface area contributed by atoms with Gasteiger partial charge in [-0.3, -0.25) is 14.6 Å². The molecule has 0 aromatic carbocycles. The zero-order chi connectivity index (χ0) is 12.4. The summed E-state index contributed by atoms with van der Waals surface area (Å²) in [4.78, 5) is 16.0. The first-order chi connectivity index (χ1) is 8.08. The van der Waals surface area contributed by atoms with Crippen LogP contribution >= 0.6 is 0 Å². The molecular formula is C12H24N4O. The molecule has 2 aliphatic rings. The third-order valence-electron chi connectivity index (χ3n) is 4.16. The fourth-order valence-electron chi connectivity index (χ4n) is 3.01. The number of amides is 1. The minimum Gasteiger partial charge on any atom is -0.368 e. The number of fused-ring (bicyclic) bond motifs is 1. The van der Waals surface area contributed by atoms with Crippen LogP contribution in [-0.4, -0.2) is 60.0 Å². The van der Waals surface area contributed by atoms with Crippen LogP contribution in [0.3, 0.4) is 0 Å². The van der Waals surface area contributed by atoms with Crippen molar-refractivity contribution in [2.24, 2.45) is 11.5 Å². The van der Waals surface area contributed by atoms with Crippen LogP contribution in [0.5, 0.6) is 0 Å². The molecule has 5 heteroatoms. The Morgan fingerprint density at radius 1 is 1.47 bits per heavy atom. The van der Waals surface area contributed by atoms with Gasteiger partial charge >= 0.3 is 0 Å². The first-order valence-electron chi connectivity index (χ1n) is 6.61. The Hall–Kier alpha value is -0.650. The molecular weight excluding hydrogens is 216 g/mol. The van der Waals surface area contributed by atoms with Gasteiger partial charge in [-0.25, -0.2) is 0 Å². The van der Waals surface area contributed by atoms with Crippen LogP contribution in [0.25, 0.3) is 0 Å². The Morgan fingerprint density at radius 3 is 2.94 bits per heavy atom. The van der Waals surface area contributed by atoms with Crippen LogP contribution in [-0.2, 0) is 4.79 Å². The number of carbonyl (C=O) groups is 1. The van der Waals surface area contributed by atoms with E-state index in [4.69, 9.17) is 11.5 Å². The maximum absolute atomic E-state index is 10.9. The molecule has 2 fully saturated rings. The van der Waals surface area contributed by atoms with Gasteiger partial charge in [0.1, 0.15) is 0 Å². The highest BCUT2D eigenvalue weighted by atomic mass is 16.1. The molecule has 0 aliphatic carbocycles. The third-order valence-corrected chi connectivity index (χ3v) is 4.16. The van der Waals surface area contributed by atoms with Gasteiger partial charge in [-0.05, 0) is 32.7 Å². The number of hydrogen-bond donors (Lipinski definition) is 2. The van der Waals surface area contributed by atoms with Crippen molar-refractivity contribution < 1.29 is 4.79 Å². The van der Waals surface area contributed by atoms with E-state index in [9.17, 15) is 4.79 Å². The summed E-state index contributed by atoms with van der Waals surface area (Å²) in [7, 11) is 0. The normalized spacial score (nSPS) is 32.4.